The van der Waals surface area contributed by atoms with Gasteiger partial charge in [0.05, 0.1) is 21.3 Å². The summed E-state index contributed by atoms with van der Waals surface area (Å²) in [6.07, 6.45) is 2.96. The van der Waals surface area contributed by atoms with Crippen molar-refractivity contribution in [3.05, 3.63) is 30.4 Å². The second-order valence-corrected chi connectivity index (χ2v) is 8.90. The molecule has 1 heterocycles. The van der Waals surface area contributed by atoms with Gasteiger partial charge < -0.3 is 24.2 Å². The van der Waals surface area contributed by atoms with Crippen molar-refractivity contribution in [2.75, 3.05) is 27.9 Å². The van der Waals surface area contributed by atoms with Gasteiger partial charge in [-0.2, -0.15) is 0 Å². The number of benzene rings is 1. The van der Waals surface area contributed by atoms with Crippen LogP contribution in [0.15, 0.2) is 24.8 Å². The van der Waals surface area contributed by atoms with Gasteiger partial charge in [-0.1, -0.05) is 26.8 Å². The minimum atomic E-state index is -1.68. The Balaban J connectivity index is 2.73. The molecule has 0 spiro atoms. The molecule has 8 nitrogen and oxygen atoms in total. The lowest BCUT2D eigenvalue weighted by Gasteiger charge is -2.49. The van der Waals surface area contributed by atoms with Crippen molar-refractivity contribution >= 4 is 17.7 Å². The van der Waals surface area contributed by atoms with Gasteiger partial charge in [-0.25, -0.2) is 4.79 Å². The van der Waals surface area contributed by atoms with E-state index in [2.05, 4.69) is 6.58 Å². The summed E-state index contributed by atoms with van der Waals surface area (Å²) < 4.78 is 16.3. The molecule has 1 aliphatic rings. The number of methoxy groups -OCH3 is 3. The molecular weight excluding hydrogens is 426 g/mol. The minimum absolute atomic E-state index is 0.0186. The summed E-state index contributed by atoms with van der Waals surface area (Å²) in [6.45, 7) is 9.15. The molecule has 2 unspecified atom stereocenters. The minimum Gasteiger partial charge on any atom is -0.493 e. The van der Waals surface area contributed by atoms with Crippen molar-refractivity contribution < 1.29 is 33.7 Å². The Morgan fingerprint density at radius 3 is 2.18 bits per heavy atom. The lowest BCUT2D eigenvalue weighted by molar-refractivity contribution is -0.168. The molecule has 182 valence electrons. The highest BCUT2D eigenvalue weighted by atomic mass is 16.5. The lowest BCUT2D eigenvalue weighted by Crippen LogP contribution is -2.64. The van der Waals surface area contributed by atoms with Crippen LogP contribution in [0.2, 0.25) is 0 Å². The summed E-state index contributed by atoms with van der Waals surface area (Å²) in [5.74, 6) is -2.02. The predicted molar refractivity (Wildman–Crippen MR) is 124 cm³/mol. The molecule has 2 rings (SSSR count). The third kappa shape index (κ3) is 4.56. The standard InChI is InChI=1S/C25H35NO7/c1-8-12-25(23(29)30)17(16-14-18(31-5)20(33-7)19(15-16)32-6)11-10-13-26(25)22(28)21(27)24(3,4)9-2/h8,14-15,17H,1,9-13H2,2-7H3,(H,29,30). The zero-order valence-electron chi connectivity index (χ0n) is 20.4. The third-order valence-corrected chi connectivity index (χ3v) is 6.79. The van der Waals surface area contributed by atoms with Gasteiger partial charge in [-0.05, 0) is 43.4 Å². The summed E-state index contributed by atoms with van der Waals surface area (Å²) >= 11 is 0. The van der Waals surface area contributed by atoms with E-state index in [4.69, 9.17) is 14.2 Å². The molecule has 0 bridgehead atoms. The zero-order chi connectivity index (χ0) is 25.0. The highest BCUT2D eigenvalue weighted by Gasteiger charge is 2.56. The first kappa shape index (κ1) is 26.2. The molecule has 8 heteroatoms. The van der Waals surface area contributed by atoms with E-state index in [1.807, 2.05) is 6.92 Å². The molecule has 1 aromatic carbocycles. The smallest absolute Gasteiger partial charge is 0.330 e. The van der Waals surface area contributed by atoms with Gasteiger partial charge in [0.1, 0.15) is 0 Å². The first-order valence-electron chi connectivity index (χ1n) is 11.1. The number of piperidine rings is 1. The Morgan fingerprint density at radius 2 is 1.76 bits per heavy atom. The Kier molecular flexibility index (Phi) is 8.16. The maximum Gasteiger partial charge on any atom is 0.330 e. The maximum atomic E-state index is 13.4. The summed E-state index contributed by atoms with van der Waals surface area (Å²) in [7, 11) is 4.45. The average molecular weight is 462 g/mol. The molecule has 2 atom stereocenters. The third-order valence-electron chi connectivity index (χ3n) is 6.79. The number of carboxylic acids is 1. The summed E-state index contributed by atoms with van der Waals surface area (Å²) in [5, 5.41) is 10.5. The van der Waals surface area contributed by atoms with Crippen LogP contribution < -0.4 is 14.2 Å². The Labute approximate surface area is 195 Å². The van der Waals surface area contributed by atoms with E-state index in [9.17, 15) is 19.5 Å². The van der Waals surface area contributed by atoms with E-state index in [1.54, 1.807) is 26.0 Å². The molecule has 0 radical (unpaired) electrons. The zero-order valence-corrected chi connectivity index (χ0v) is 20.4. The van der Waals surface area contributed by atoms with Gasteiger partial charge in [0.15, 0.2) is 17.0 Å². The summed E-state index contributed by atoms with van der Waals surface area (Å²) in [6, 6.07) is 3.41. The number of likely N-dealkylation sites (tertiary alicyclic amines) is 1. The monoisotopic (exact) mass is 461 g/mol. The van der Waals surface area contributed by atoms with Crippen LogP contribution in [0.1, 0.15) is 57.9 Å². The van der Waals surface area contributed by atoms with Crippen LogP contribution in [-0.4, -0.2) is 61.1 Å². The second-order valence-electron chi connectivity index (χ2n) is 8.90. The molecule has 0 aromatic heterocycles. The van der Waals surface area contributed by atoms with Crippen molar-refractivity contribution in [3.63, 3.8) is 0 Å². The van der Waals surface area contributed by atoms with Crippen LogP contribution in [0.3, 0.4) is 0 Å². The van der Waals surface area contributed by atoms with Gasteiger partial charge in [-0.3, -0.25) is 9.59 Å². The van der Waals surface area contributed by atoms with E-state index in [0.29, 0.717) is 42.1 Å². The normalized spacial score (nSPS) is 20.7. The first-order chi connectivity index (χ1) is 15.5. The Morgan fingerprint density at radius 1 is 1.18 bits per heavy atom. The van der Waals surface area contributed by atoms with E-state index < -0.39 is 34.5 Å². The van der Waals surface area contributed by atoms with Crippen LogP contribution in [0, 0.1) is 5.41 Å². The number of hydrogen-bond donors (Lipinski definition) is 1. The fourth-order valence-electron chi connectivity index (χ4n) is 4.50. The molecular formula is C25H35NO7. The first-order valence-corrected chi connectivity index (χ1v) is 11.1. The molecule has 1 N–H and O–H groups in total. The predicted octanol–water partition coefficient (Wildman–Crippen LogP) is 3.82. The van der Waals surface area contributed by atoms with Gasteiger partial charge in [0.2, 0.25) is 11.5 Å². The molecule has 0 saturated carbocycles. The largest absolute Gasteiger partial charge is 0.493 e. The summed E-state index contributed by atoms with van der Waals surface area (Å²) in [5.41, 5.74) is -1.95. The van der Waals surface area contributed by atoms with Gasteiger partial charge >= 0.3 is 5.97 Å². The molecule has 1 aromatic rings. The highest BCUT2D eigenvalue weighted by Crippen LogP contribution is 2.48. The van der Waals surface area contributed by atoms with Crippen LogP contribution in [0.4, 0.5) is 0 Å². The number of carboxylic acid groups (broad SMARTS) is 1. The number of amides is 1. The molecule has 33 heavy (non-hydrogen) atoms. The van der Waals surface area contributed by atoms with Gasteiger partial charge in [0, 0.05) is 17.9 Å². The number of rotatable bonds is 10. The van der Waals surface area contributed by atoms with Crippen molar-refractivity contribution in [2.45, 2.75) is 57.9 Å². The summed E-state index contributed by atoms with van der Waals surface area (Å²) in [4.78, 5) is 40.6. The number of ketones is 1. The maximum absolute atomic E-state index is 13.4. The Hall–Kier alpha value is -3.03. The lowest BCUT2D eigenvalue weighted by atomic mass is 9.70. The fourth-order valence-corrected chi connectivity index (χ4v) is 4.50. The number of nitrogens with zero attached hydrogens (tertiary/aromatic N) is 1. The number of Topliss-reactive ketones (excluding diaryl/α,β-unsaturated/α-hetero) is 1. The molecule has 0 aliphatic carbocycles. The van der Waals surface area contributed by atoms with Gasteiger partial charge in [0.25, 0.3) is 5.91 Å². The van der Waals surface area contributed by atoms with Crippen LogP contribution >= 0.6 is 0 Å². The fraction of sp³-hybridized carbons (Fsp3) is 0.560. The number of aliphatic carboxylic acids is 1. The van der Waals surface area contributed by atoms with E-state index >= 15 is 0 Å². The number of ether oxygens (including phenoxy) is 3. The average Bonchev–Trinajstić information content (AvgIpc) is 2.81. The van der Waals surface area contributed by atoms with Crippen molar-refractivity contribution in [2.24, 2.45) is 5.41 Å². The number of carbonyl (C=O) groups is 3. The topological polar surface area (TPSA) is 102 Å². The molecule has 1 saturated heterocycles. The molecule has 1 aliphatic heterocycles. The van der Waals surface area contributed by atoms with Crippen molar-refractivity contribution in [1.29, 1.82) is 0 Å². The number of carbonyl (C=O) groups excluding carboxylic acids is 2. The van der Waals surface area contributed by atoms with E-state index in [-0.39, 0.29) is 13.0 Å². The molecule has 1 fully saturated rings. The molecule has 1 amide bonds. The van der Waals surface area contributed by atoms with Crippen LogP contribution in [-0.2, 0) is 14.4 Å². The van der Waals surface area contributed by atoms with Gasteiger partial charge in [-0.15, -0.1) is 6.58 Å². The Bertz CT molecular complexity index is 898. The van der Waals surface area contributed by atoms with E-state index in [1.165, 1.54) is 32.3 Å². The SMILES string of the molecule is C=CCC1(C(=O)O)C(c2cc(OC)c(OC)c(OC)c2)CCCN1C(=O)C(=O)C(C)(C)CC. The van der Waals surface area contributed by atoms with E-state index in [0.717, 1.165) is 0 Å². The second kappa shape index (κ2) is 10.3. The van der Waals surface area contributed by atoms with Crippen LogP contribution in [0.25, 0.3) is 0 Å². The quantitative estimate of drug-likeness (QED) is 0.417. The van der Waals surface area contributed by atoms with Crippen LogP contribution in [0.5, 0.6) is 17.2 Å². The number of hydrogen-bond acceptors (Lipinski definition) is 6. The van der Waals surface area contributed by atoms with Crippen molar-refractivity contribution in [3.8, 4) is 17.2 Å². The highest BCUT2D eigenvalue weighted by molar-refractivity contribution is 6.38. The van der Waals surface area contributed by atoms with Crippen molar-refractivity contribution in [1.82, 2.24) is 4.90 Å².